The van der Waals surface area contributed by atoms with Crippen LogP contribution in [0, 0.1) is 0 Å². The minimum Gasteiger partial charge on any atom is -0.472 e. The lowest BCUT2D eigenvalue weighted by molar-refractivity contribution is 0.0697. The zero-order valence-corrected chi connectivity index (χ0v) is 15.5. The van der Waals surface area contributed by atoms with E-state index in [4.69, 9.17) is 4.42 Å². The highest BCUT2D eigenvalue weighted by Crippen LogP contribution is 2.20. The van der Waals surface area contributed by atoms with Gasteiger partial charge in [-0.25, -0.2) is 0 Å². The third-order valence-corrected chi connectivity index (χ3v) is 5.14. The Balaban J connectivity index is 1.31. The van der Waals surface area contributed by atoms with Crippen molar-refractivity contribution in [3.8, 4) is 11.1 Å². The van der Waals surface area contributed by atoms with Crippen LogP contribution < -0.4 is 5.32 Å². The van der Waals surface area contributed by atoms with Crippen molar-refractivity contribution in [1.29, 1.82) is 0 Å². The molecule has 4 rings (SSSR count). The van der Waals surface area contributed by atoms with Crippen molar-refractivity contribution in [2.24, 2.45) is 0 Å². The van der Waals surface area contributed by atoms with Crippen molar-refractivity contribution in [1.82, 2.24) is 10.2 Å². The van der Waals surface area contributed by atoms with Gasteiger partial charge in [-0.1, -0.05) is 42.5 Å². The molecule has 5 nitrogen and oxygen atoms in total. The lowest BCUT2D eigenvalue weighted by Crippen LogP contribution is -2.46. The van der Waals surface area contributed by atoms with Gasteiger partial charge in [-0.3, -0.25) is 9.59 Å². The number of piperidine rings is 1. The van der Waals surface area contributed by atoms with Gasteiger partial charge in [0.15, 0.2) is 0 Å². The van der Waals surface area contributed by atoms with Crippen molar-refractivity contribution in [2.45, 2.75) is 18.9 Å². The fraction of sp³-hybridized carbons (Fsp3) is 0.217. The van der Waals surface area contributed by atoms with Crippen molar-refractivity contribution in [3.63, 3.8) is 0 Å². The summed E-state index contributed by atoms with van der Waals surface area (Å²) in [6.45, 7) is 1.25. The molecule has 1 aliphatic rings. The highest BCUT2D eigenvalue weighted by Gasteiger charge is 2.25. The lowest BCUT2D eigenvalue weighted by atomic mass is 10.0. The maximum atomic E-state index is 12.6. The van der Waals surface area contributed by atoms with Crippen LogP contribution in [0.2, 0.25) is 0 Å². The summed E-state index contributed by atoms with van der Waals surface area (Å²) in [6, 6.07) is 19.5. The molecule has 142 valence electrons. The van der Waals surface area contributed by atoms with Crippen LogP contribution in [0.25, 0.3) is 11.1 Å². The Morgan fingerprint density at radius 2 is 1.54 bits per heavy atom. The maximum absolute atomic E-state index is 12.6. The van der Waals surface area contributed by atoms with E-state index in [1.165, 1.54) is 12.5 Å². The van der Waals surface area contributed by atoms with E-state index >= 15 is 0 Å². The molecule has 1 N–H and O–H groups in total. The molecule has 1 aromatic heterocycles. The van der Waals surface area contributed by atoms with E-state index in [1.54, 1.807) is 6.07 Å². The molecule has 1 fully saturated rings. The molecular formula is C23H22N2O3. The van der Waals surface area contributed by atoms with E-state index in [2.05, 4.69) is 5.32 Å². The molecule has 3 aromatic rings. The number of nitrogens with zero attached hydrogens (tertiary/aromatic N) is 1. The first-order chi connectivity index (χ1) is 13.7. The van der Waals surface area contributed by atoms with Gasteiger partial charge in [0.25, 0.3) is 11.8 Å². The van der Waals surface area contributed by atoms with Gasteiger partial charge in [0.2, 0.25) is 0 Å². The highest BCUT2D eigenvalue weighted by atomic mass is 16.3. The number of hydrogen-bond donors (Lipinski definition) is 1. The lowest BCUT2D eigenvalue weighted by Gasteiger charge is -2.32. The number of carbonyl (C=O) groups is 2. The van der Waals surface area contributed by atoms with Gasteiger partial charge in [0, 0.05) is 24.7 Å². The average Bonchev–Trinajstić information content (AvgIpc) is 3.29. The van der Waals surface area contributed by atoms with Crippen LogP contribution in [0.1, 0.15) is 33.6 Å². The highest BCUT2D eigenvalue weighted by molar-refractivity contribution is 5.95. The van der Waals surface area contributed by atoms with E-state index < -0.39 is 0 Å². The molecule has 0 unspecified atom stereocenters. The topological polar surface area (TPSA) is 62.6 Å². The number of carbonyl (C=O) groups excluding carboxylic acids is 2. The summed E-state index contributed by atoms with van der Waals surface area (Å²) < 4.78 is 4.98. The third-order valence-electron chi connectivity index (χ3n) is 5.14. The van der Waals surface area contributed by atoms with Gasteiger partial charge in [0.05, 0.1) is 11.8 Å². The molecule has 1 aliphatic heterocycles. The number of benzene rings is 2. The zero-order chi connectivity index (χ0) is 19.3. The molecule has 2 heterocycles. The van der Waals surface area contributed by atoms with Crippen LogP contribution in [-0.2, 0) is 0 Å². The first-order valence-corrected chi connectivity index (χ1v) is 9.48. The largest absolute Gasteiger partial charge is 0.472 e. The molecular weight excluding hydrogens is 352 g/mol. The normalized spacial score (nSPS) is 14.6. The number of likely N-dealkylation sites (tertiary alicyclic amines) is 1. The fourth-order valence-electron chi connectivity index (χ4n) is 3.51. The first-order valence-electron chi connectivity index (χ1n) is 9.48. The summed E-state index contributed by atoms with van der Waals surface area (Å²) >= 11 is 0. The van der Waals surface area contributed by atoms with Gasteiger partial charge < -0.3 is 14.6 Å². The Kier molecular flexibility index (Phi) is 5.24. The molecule has 0 spiro atoms. The molecule has 0 saturated carbocycles. The third kappa shape index (κ3) is 3.98. The van der Waals surface area contributed by atoms with Crippen LogP contribution in [0.4, 0.5) is 0 Å². The van der Waals surface area contributed by atoms with Crippen molar-refractivity contribution in [2.75, 3.05) is 13.1 Å². The van der Waals surface area contributed by atoms with Crippen LogP contribution in [0.3, 0.4) is 0 Å². The molecule has 1 saturated heterocycles. The predicted octanol–water partition coefficient (Wildman–Crippen LogP) is 3.98. The smallest absolute Gasteiger partial charge is 0.257 e. The Morgan fingerprint density at radius 3 is 2.18 bits per heavy atom. The summed E-state index contributed by atoms with van der Waals surface area (Å²) in [5.74, 6) is -0.0887. The van der Waals surface area contributed by atoms with Crippen LogP contribution in [-0.4, -0.2) is 35.8 Å². The SMILES string of the molecule is O=C(NC1CCN(C(=O)c2ccoc2)CC1)c1ccc(-c2ccccc2)cc1. The van der Waals surface area contributed by atoms with E-state index in [0.29, 0.717) is 24.2 Å². The Hall–Kier alpha value is -3.34. The second-order valence-electron chi connectivity index (χ2n) is 7.00. The fourth-order valence-corrected chi connectivity index (χ4v) is 3.51. The summed E-state index contributed by atoms with van der Waals surface area (Å²) in [7, 11) is 0. The molecule has 28 heavy (non-hydrogen) atoms. The zero-order valence-electron chi connectivity index (χ0n) is 15.5. The number of furan rings is 1. The predicted molar refractivity (Wildman–Crippen MR) is 107 cm³/mol. The quantitative estimate of drug-likeness (QED) is 0.751. The molecule has 0 bridgehead atoms. The van der Waals surface area contributed by atoms with E-state index in [-0.39, 0.29) is 17.9 Å². The second-order valence-corrected chi connectivity index (χ2v) is 7.00. The minimum absolute atomic E-state index is 0.0185. The molecule has 0 aliphatic carbocycles. The van der Waals surface area contributed by atoms with Gasteiger partial charge >= 0.3 is 0 Å². The van der Waals surface area contributed by atoms with Gasteiger partial charge in [-0.15, -0.1) is 0 Å². The molecule has 0 radical (unpaired) electrons. The van der Waals surface area contributed by atoms with Crippen LogP contribution in [0.5, 0.6) is 0 Å². The Bertz CT molecular complexity index is 926. The van der Waals surface area contributed by atoms with Crippen molar-refractivity contribution < 1.29 is 14.0 Å². The Morgan fingerprint density at radius 1 is 0.857 bits per heavy atom. The summed E-state index contributed by atoms with van der Waals surface area (Å²) in [5, 5.41) is 3.09. The number of hydrogen-bond acceptors (Lipinski definition) is 3. The van der Waals surface area contributed by atoms with Gasteiger partial charge in [-0.2, -0.15) is 0 Å². The van der Waals surface area contributed by atoms with E-state index in [9.17, 15) is 9.59 Å². The maximum Gasteiger partial charge on any atom is 0.257 e. The molecule has 5 heteroatoms. The van der Waals surface area contributed by atoms with E-state index in [0.717, 1.165) is 24.0 Å². The summed E-state index contributed by atoms with van der Waals surface area (Å²) in [4.78, 5) is 26.7. The standard InChI is InChI=1S/C23H22N2O3/c26-22(19-8-6-18(7-9-19)17-4-2-1-3-5-17)24-21-10-13-25(14-11-21)23(27)20-12-15-28-16-20/h1-9,12,15-16,21H,10-11,13-14H2,(H,24,26). The van der Waals surface area contributed by atoms with Crippen LogP contribution >= 0.6 is 0 Å². The first kappa shape index (κ1) is 18.0. The van der Waals surface area contributed by atoms with Gasteiger partial charge in [-0.05, 0) is 42.2 Å². The number of nitrogens with one attached hydrogen (secondary N) is 1. The minimum atomic E-state index is -0.0702. The van der Waals surface area contributed by atoms with E-state index in [1.807, 2.05) is 59.5 Å². The monoisotopic (exact) mass is 374 g/mol. The summed E-state index contributed by atoms with van der Waals surface area (Å²) in [5.41, 5.74) is 3.44. The summed E-state index contributed by atoms with van der Waals surface area (Å²) in [6.07, 6.45) is 4.47. The number of amides is 2. The van der Waals surface area contributed by atoms with Crippen molar-refractivity contribution in [3.05, 3.63) is 84.3 Å². The molecule has 0 atom stereocenters. The molecule has 2 amide bonds. The average molecular weight is 374 g/mol. The second kappa shape index (κ2) is 8.13. The number of rotatable bonds is 4. The Labute approximate surface area is 164 Å². The van der Waals surface area contributed by atoms with Gasteiger partial charge in [0.1, 0.15) is 6.26 Å². The van der Waals surface area contributed by atoms with Crippen LogP contribution in [0.15, 0.2) is 77.6 Å². The van der Waals surface area contributed by atoms with Crippen molar-refractivity contribution >= 4 is 11.8 Å². The molecule has 2 aromatic carbocycles.